The van der Waals surface area contributed by atoms with Gasteiger partial charge >= 0.3 is 5.97 Å². The van der Waals surface area contributed by atoms with Crippen molar-refractivity contribution >= 4 is 5.97 Å². The molecule has 5 fully saturated rings. The van der Waals surface area contributed by atoms with Crippen molar-refractivity contribution < 1.29 is 34.7 Å². The van der Waals surface area contributed by atoms with Gasteiger partial charge in [0.05, 0.1) is 29.5 Å². The van der Waals surface area contributed by atoms with E-state index in [0.717, 1.165) is 0 Å². The molecule has 5 rings (SSSR count). The summed E-state index contributed by atoms with van der Waals surface area (Å²) in [7, 11) is 0. The minimum absolute atomic E-state index is 0.175. The summed E-state index contributed by atoms with van der Waals surface area (Å²) in [6.45, 7) is 8.64. The molecule has 1 saturated heterocycles. The van der Waals surface area contributed by atoms with Gasteiger partial charge in [0.1, 0.15) is 11.7 Å². The predicted octanol–water partition coefficient (Wildman–Crippen LogP) is 0.755. The zero-order valence-corrected chi connectivity index (χ0v) is 17.9. The van der Waals surface area contributed by atoms with Gasteiger partial charge in [-0.25, -0.2) is 0 Å². The quantitative estimate of drug-likeness (QED) is 0.372. The molecule has 1 heterocycles. The number of rotatable bonds is 1. The lowest BCUT2D eigenvalue weighted by atomic mass is 9.57. The first-order valence-corrected chi connectivity index (χ1v) is 10.9. The molecule has 4 N–H and O–H groups in total. The molecule has 7 nitrogen and oxygen atoms in total. The van der Waals surface area contributed by atoms with Crippen LogP contribution in [-0.2, 0) is 14.3 Å². The number of aliphatic hydroxyl groups excluding tert-OH is 1. The van der Waals surface area contributed by atoms with E-state index in [2.05, 4.69) is 0 Å². The Balaban J connectivity index is 1.69. The van der Waals surface area contributed by atoms with Crippen molar-refractivity contribution in [2.24, 2.45) is 28.6 Å². The van der Waals surface area contributed by atoms with Gasteiger partial charge < -0.3 is 29.9 Å². The van der Waals surface area contributed by atoms with Crippen LogP contribution in [0.25, 0.3) is 0 Å². The maximum absolute atomic E-state index is 12.0. The Kier molecular flexibility index (Phi) is 3.73. The molecule has 7 heteroatoms. The average Bonchev–Trinajstić information content (AvgIpc) is 3.29. The highest BCUT2D eigenvalue weighted by Crippen LogP contribution is 2.73. The molecule has 0 aromatic carbocycles. The second kappa shape index (κ2) is 5.36. The summed E-state index contributed by atoms with van der Waals surface area (Å²) in [6.07, 6.45) is -0.470. The fraction of sp³-hybridized carbons (Fsp3) is 0.955. The van der Waals surface area contributed by atoms with Crippen molar-refractivity contribution in [2.45, 2.75) is 102 Å². The lowest BCUT2D eigenvalue weighted by Crippen LogP contribution is -2.63. The molecule has 164 valence electrons. The van der Waals surface area contributed by atoms with Crippen molar-refractivity contribution in [2.75, 3.05) is 0 Å². The molecular formula is C22H34O7. The topological polar surface area (TPSA) is 120 Å². The number of carbonyl (C=O) groups is 1. The Morgan fingerprint density at radius 1 is 1.10 bits per heavy atom. The summed E-state index contributed by atoms with van der Waals surface area (Å²) in [5.41, 5.74) is -5.47. The van der Waals surface area contributed by atoms with E-state index >= 15 is 0 Å². The maximum atomic E-state index is 12.0. The summed E-state index contributed by atoms with van der Waals surface area (Å²) in [6, 6.07) is 0. The van der Waals surface area contributed by atoms with Crippen LogP contribution in [-0.4, -0.2) is 67.6 Å². The van der Waals surface area contributed by atoms with E-state index in [4.69, 9.17) is 9.47 Å². The van der Waals surface area contributed by atoms with Gasteiger partial charge in [0.15, 0.2) is 0 Å². The van der Waals surface area contributed by atoms with Crippen molar-refractivity contribution in [1.29, 1.82) is 0 Å². The summed E-state index contributed by atoms with van der Waals surface area (Å²) in [5.74, 6) is -1.66. The zero-order valence-electron chi connectivity index (χ0n) is 17.9. The highest BCUT2D eigenvalue weighted by molar-refractivity contribution is 5.66. The first kappa shape index (κ1) is 20.2. The van der Waals surface area contributed by atoms with Crippen LogP contribution >= 0.6 is 0 Å². The van der Waals surface area contributed by atoms with E-state index in [0.29, 0.717) is 19.3 Å². The smallest absolute Gasteiger partial charge is 0.302 e. The molecule has 1 spiro atoms. The monoisotopic (exact) mass is 410 g/mol. The molecular weight excluding hydrogens is 376 g/mol. The maximum Gasteiger partial charge on any atom is 0.302 e. The molecule has 0 unspecified atom stereocenters. The van der Waals surface area contributed by atoms with Crippen LogP contribution in [0.4, 0.5) is 0 Å². The molecule has 0 aromatic heterocycles. The summed E-state index contributed by atoms with van der Waals surface area (Å²) < 4.78 is 11.6. The Bertz CT molecular complexity index is 760. The van der Waals surface area contributed by atoms with Gasteiger partial charge in [0.2, 0.25) is 0 Å². The molecule has 5 aliphatic rings. The van der Waals surface area contributed by atoms with E-state index < -0.39 is 51.7 Å². The van der Waals surface area contributed by atoms with E-state index in [-0.39, 0.29) is 30.5 Å². The van der Waals surface area contributed by atoms with Crippen LogP contribution in [0.5, 0.6) is 0 Å². The number of esters is 1. The number of carbonyl (C=O) groups excluding carboxylic acids is 1. The predicted molar refractivity (Wildman–Crippen MR) is 102 cm³/mol. The summed E-state index contributed by atoms with van der Waals surface area (Å²) in [4.78, 5) is 12.0. The second-order valence-electron chi connectivity index (χ2n) is 11.5. The van der Waals surface area contributed by atoms with Gasteiger partial charge in [-0.15, -0.1) is 0 Å². The van der Waals surface area contributed by atoms with Gasteiger partial charge in [-0.05, 0) is 45.4 Å². The van der Waals surface area contributed by atoms with E-state index in [1.807, 2.05) is 13.8 Å². The van der Waals surface area contributed by atoms with Crippen molar-refractivity contribution in [3.05, 3.63) is 0 Å². The minimum atomic E-state index is -1.53. The van der Waals surface area contributed by atoms with Gasteiger partial charge in [0.25, 0.3) is 0 Å². The van der Waals surface area contributed by atoms with Gasteiger partial charge in [-0.1, -0.05) is 13.8 Å². The molecule has 4 saturated carbocycles. The van der Waals surface area contributed by atoms with Crippen LogP contribution in [0.3, 0.4) is 0 Å². The van der Waals surface area contributed by atoms with Crippen LogP contribution in [0.2, 0.25) is 0 Å². The number of epoxide rings is 1. The molecule has 0 aromatic rings. The number of ether oxygens (including phenoxy) is 2. The first-order valence-electron chi connectivity index (χ1n) is 10.9. The van der Waals surface area contributed by atoms with Crippen LogP contribution in [0.15, 0.2) is 0 Å². The Morgan fingerprint density at radius 2 is 1.76 bits per heavy atom. The standard InChI is InChI=1S/C22H34O7/c1-10(23)28-16-11-6-7-12-20(5,26)15-14-17(29-14)18(2,3)22(15,27)13(24)8-21(12,16)9-19(11,4)25/h11-17,24-27H,6-9H2,1-5H3/t11-,12+,13-,14+,15+,16-,17+,19-,20-,21+,22-/m1/s1. The molecule has 2 bridgehead atoms. The Labute approximate surface area is 171 Å². The fourth-order valence-corrected chi connectivity index (χ4v) is 8.61. The van der Waals surface area contributed by atoms with Crippen LogP contribution < -0.4 is 0 Å². The normalized spacial score (nSPS) is 61.9. The molecule has 11 atom stereocenters. The third kappa shape index (κ3) is 2.14. The minimum Gasteiger partial charge on any atom is -0.462 e. The van der Waals surface area contributed by atoms with Crippen molar-refractivity contribution in [3.8, 4) is 0 Å². The number of hydrogen-bond donors (Lipinski definition) is 4. The number of fused-ring (bicyclic) bond motifs is 4. The SMILES string of the molecule is CC(=O)O[C@@H]1[C@H]2CC[C@H]3[C@@](C)(O)[C@@H]4[C@@H]5O[C@@H]5C(C)(C)[C@@]4(O)[C@H](O)C[C@@]13C[C@@]2(C)O. The third-order valence-electron chi connectivity index (χ3n) is 9.66. The second-order valence-corrected chi connectivity index (χ2v) is 11.5. The Hall–Kier alpha value is -0.730. The molecule has 0 radical (unpaired) electrons. The average molecular weight is 411 g/mol. The lowest BCUT2D eigenvalue weighted by Gasteiger charge is -2.52. The molecule has 1 aliphatic heterocycles. The highest BCUT2D eigenvalue weighted by Gasteiger charge is 2.83. The molecule has 29 heavy (non-hydrogen) atoms. The first-order chi connectivity index (χ1) is 13.2. The third-order valence-corrected chi connectivity index (χ3v) is 9.66. The molecule has 4 aliphatic carbocycles. The van der Waals surface area contributed by atoms with Gasteiger partial charge in [0, 0.05) is 29.6 Å². The van der Waals surface area contributed by atoms with Crippen molar-refractivity contribution in [3.63, 3.8) is 0 Å². The number of hydrogen-bond acceptors (Lipinski definition) is 7. The van der Waals surface area contributed by atoms with Crippen LogP contribution in [0, 0.1) is 28.6 Å². The van der Waals surface area contributed by atoms with E-state index in [9.17, 15) is 25.2 Å². The summed E-state index contributed by atoms with van der Waals surface area (Å²) in [5, 5.41) is 46.6. The van der Waals surface area contributed by atoms with Crippen LogP contribution in [0.1, 0.15) is 60.3 Å². The van der Waals surface area contributed by atoms with E-state index in [1.165, 1.54) is 6.92 Å². The lowest BCUT2D eigenvalue weighted by molar-refractivity contribution is -0.223. The van der Waals surface area contributed by atoms with Crippen molar-refractivity contribution in [1.82, 2.24) is 0 Å². The molecule has 0 amide bonds. The Morgan fingerprint density at radius 3 is 2.38 bits per heavy atom. The largest absolute Gasteiger partial charge is 0.462 e. The summed E-state index contributed by atoms with van der Waals surface area (Å²) >= 11 is 0. The fourth-order valence-electron chi connectivity index (χ4n) is 8.61. The van der Waals surface area contributed by atoms with Gasteiger partial charge in [-0.2, -0.15) is 0 Å². The zero-order chi connectivity index (χ0) is 21.4. The highest BCUT2D eigenvalue weighted by atomic mass is 16.6. The van der Waals surface area contributed by atoms with E-state index in [1.54, 1.807) is 13.8 Å². The number of aliphatic hydroxyl groups is 4. The van der Waals surface area contributed by atoms with Gasteiger partial charge in [-0.3, -0.25) is 4.79 Å².